The Morgan fingerprint density at radius 2 is 1.61 bits per heavy atom. The topological polar surface area (TPSA) is 66.4 Å². The summed E-state index contributed by atoms with van der Waals surface area (Å²) in [5.41, 5.74) is 0. The van der Waals surface area contributed by atoms with E-state index in [1.807, 2.05) is 0 Å². The molecule has 0 bridgehead atoms. The molecular weight excluding hydrogens is 279 g/mol. The predicted molar refractivity (Wildman–Crippen MR) is 41.2 cm³/mol. The number of carboxylic acid groups (broad SMARTS) is 1. The van der Waals surface area contributed by atoms with Gasteiger partial charge in [0.1, 0.15) is 6.04 Å². The van der Waals surface area contributed by atoms with Gasteiger partial charge in [0, 0.05) is 6.42 Å². The number of carbonyl (C=O) groups is 2. The molecular formula is C7H6F7NO3. The largest absolute Gasteiger partial charge is 0.480 e. The van der Waals surface area contributed by atoms with Crippen molar-refractivity contribution in [1.82, 2.24) is 5.32 Å². The van der Waals surface area contributed by atoms with Crippen LogP contribution in [0.25, 0.3) is 0 Å². The Morgan fingerprint density at radius 3 is 1.89 bits per heavy atom. The van der Waals surface area contributed by atoms with Crippen molar-refractivity contribution in [2.45, 2.75) is 30.5 Å². The number of hydrogen-bond acceptors (Lipinski definition) is 2. The molecule has 0 aromatic carbocycles. The fourth-order valence-electron chi connectivity index (χ4n) is 0.892. The molecule has 0 rings (SSSR count). The Labute approximate surface area is 94.8 Å². The van der Waals surface area contributed by atoms with E-state index in [2.05, 4.69) is 0 Å². The molecule has 0 aliphatic heterocycles. The zero-order chi connectivity index (χ0) is 14.8. The predicted octanol–water partition coefficient (Wildman–Crippen LogP) is 1.41. The molecule has 0 aliphatic rings. The van der Waals surface area contributed by atoms with Gasteiger partial charge in [-0.1, -0.05) is 0 Å². The molecule has 0 aliphatic carbocycles. The first-order chi connectivity index (χ1) is 7.87. The maximum atomic E-state index is 12.7. The van der Waals surface area contributed by atoms with E-state index in [0.29, 0.717) is 0 Å². The number of amides is 1. The Hall–Kier alpha value is -1.55. The summed E-state index contributed by atoms with van der Waals surface area (Å²) in [6, 6.07) is -2.56. The third-order valence-corrected chi connectivity index (χ3v) is 1.84. The number of carboxylic acids is 1. The lowest BCUT2D eigenvalue weighted by atomic mass is 10.0. The van der Waals surface area contributed by atoms with Gasteiger partial charge in [-0.2, -0.15) is 30.7 Å². The standard InChI is InChI=1S/C7H6F7NO3/c8-5(9,6(10,11)7(12,13)14)1-3(4(17)18)15-2-16/h2-3H,1H2,(H,15,16)(H,17,18). The van der Waals surface area contributed by atoms with Gasteiger partial charge in [-0.05, 0) is 0 Å². The summed E-state index contributed by atoms with van der Waals surface area (Å²) >= 11 is 0. The minimum Gasteiger partial charge on any atom is -0.480 e. The van der Waals surface area contributed by atoms with Crippen molar-refractivity contribution in [3.8, 4) is 0 Å². The lowest BCUT2D eigenvalue weighted by molar-refractivity contribution is -0.356. The molecule has 4 nitrogen and oxygen atoms in total. The Balaban J connectivity index is 5.14. The summed E-state index contributed by atoms with van der Waals surface area (Å²) in [6.45, 7) is 0. The van der Waals surface area contributed by atoms with E-state index in [9.17, 15) is 40.3 Å². The molecule has 2 N–H and O–H groups in total. The summed E-state index contributed by atoms with van der Waals surface area (Å²) in [6.07, 6.45) is -9.34. The lowest BCUT2D eigenvalue weighted by Crippen LogP contribution is -2.55. The van der Waals surface area contributed by atoms with Crippen LogP contribution in [0.5, 0.6) is 0 Å². The summed E-state index contributed by atoms with van der Waals surface area (Å²) in [4.78, 5) is 20.1. The monoisotopic (exact) mass is 285 g/mol. The van der Waals surface area contributed by atoms with Crippen molar-refractivity contribution in [2.24, 2.45) is 0 Å². The fraction of sp³-hybridized carbons (Fsp3) is 0.714. The van der Waals surface area contributed by atoms with Crippen LogP contribution in [0.4, 0.5) is 30.7 Å². The van der Waals surface area contributed by atoms with Gasteiger partial charge in [-0.3, -0.25) is 4.79 Å². The molecule has 0 heterocycles. The van der Waals surface area contributed by atoms with Crippen molar-refractivity contribution in [2.75, 3.05) is 0 Å². The van der Waals surface area contributed by atoms with Crippen LogP contribution in [0, 0.1) is 0 Å². The van der Waals surface area contributed by atoms with Gasteiger partial charge in [0.05, 0.1) is 0 Å². The minimum atomic E-state index is -6.54. The third kappa shape index (κ3) is 3.23. The molecule has 1 atom stereocenters. The third-order valence-electron chi connectivity index (χ3n) is 1.84. The Bertz CT molecular complexity index is 327. The maximum absolute atomic E-state index is 12.7. The highest BCUT2D eigenvalue weighted by atomic mass is 19.4. The highest BCUT2D eigenvalue weighted by Crippen LogP contribution is 2.48. The van der Waals surface area contributed by atoms with Crippen LogP contribution >= 0.6 is 0 Å². The SMILES string of the molecule is O=CNC(CC(F)(F)C(F)(F)C(F)(F)F)C(=O)O. The van der Waals surface area contributed by atoms with Crippen molar-refractivity contribution in [1.29, 1.82) is 0 Å². The van der Waals surface area contributed by atoms with Crippen LogP contribution in [0.15, 0.2) is 0 Å². The minimum absolute atomic E-state index is 0.402. The molecule has 11 heteroatoms. The molecule has 0 saturated carbocycles. The molecule has 0 aromatic heterocycles. The number of aliphatic carboxylic acids is 1. The van der Waals surface area contributed by atoms with Crippen LogP contribution in [0.2, 0.25) is 0 Å². The molecule has 0 aromatic rings. The fourth-order valence-corrected chi connectivity index (χ4v) is 0.892. The Kier molecular flexibility index (Phi) is 4.55. The van der Waals surface area contributed by atoms with Crippen LogP contribution in [0.3, 0.4) is 0 Å². The maximum Gasteiger partial charge on any atom is 0.459 e. The van der Waals surface area contributed by atoms with Crippen molar-refractivity contribution >= 4 is 12.4 Å². The van der Waals surface area contributed by atoms with Crippen LogP contribution in [-0.4, -0.2) is 41.5 Å². The zero-order valence-corrected chi connectivity index (χ0v) is 8.27. The van der Waals surface area contributed by atoms with Gasteiger partial charge >= 0.3 is 24.0 Å². The second-order valence-electron chi connectivity index (χ2n) is 3.16. The second kappa shape index (κ2) is 4.98. The molecule has 18 heavy (non-hydrogen) atoms. The Morgan fingerprint density at radius 1 is 1.17 bits per heavy atom. The number of rotatable bonds is 6. The number of halogens is 7. The highest BCUT2D eigenvalue weighted by molar-refractivity contribution is 5.76. The second-order valence-corrected chi connectivity index (χ2v) is 3.16. The quantitative estimate of drug-likeness (QED) is 0.573. The van der Waals surface area contributed by atoms with Crippen LogP contribution < -0.4 is 5.32 Å². The van der Waals surface area contributed by atoms with Crippen LogP contribution in [-0.2, 0) is 9.59 Å². The summed E-state index contributed by atoms with van der Waals surface area (Å²) in [5.74, 6) is -14.2. The number of alkyl halides is 7. The van der Waals surface area contributed by atoms with Gasteiger partial charge < -0.3 is 10.4 Å². The highest BCUT2D eigenvalue weighted by Gasteiger charge is 2.73. The number of nitrogens with one attached hydrogen (secondary N) is 1. The molecule has 1 unspecified atom stereocenters. The summed E-state index contributed by atoms with van der Waals surface area (Å²) < 4.78 is 85.4. The van der Waals surface area contributed by atoms with E-state index in [4.69, 9.17) is 5.11 Å². The number of hydrogen-bond donors (Lipinski definition) is 2. The van der Waals surface area contributed by atoms with Crippen molar-refractivity contribution < 1.29 is 45.4 Å². The molecule has 0 radical (unpaired) electrons. The average molecular weight is 285 g/mol. The zero-order valence-electron chi connectivity index (χ0n) is 8.27. The van der Waals surface area contributed by atoms with E-state index in [-0.39, 0.29) is 0 Å². The first-order valence-corrected chi connectivity index (χ1v) is 4.11. The normalized spacial score (nSPS) is 15.1. The van der Waals surface area contributed by atoms with E-state index in [0.717, 1.165) is 0 Å². The van der Waals surface area contributed by atoms with Crippen molar-refractivity contribution in [3.05, 3.63) is 0 Å². The van der Waals surface area contributed by atoms with E-state index in [1.54, 1.807) is 0 Å². The summed E-state index contributed by atoms with van der Waals surface area (Å²) in [5, 5.41) is 9.46. The van der Waals surface area contributed by atoms with Gasteiger partial charge in [0.25, 0.3) is 0 Å². The van der Waals surface area contributed by atoms with Gasteiger partial charge in [0.15, 0.2) is 0 Å². The lowest BCUT2D eigenvalue weighted by Gasteiger charge is -2.29. The molecule has 0 saturated heterocycles. The van der Waals surface area contributed by atoms with Gasteiger partial charge in [-0.25, -0.2) is 4.79 Å². The van der Waals surface area contributed by atoms with Gasteiger partial charge in [-0.15, -0.1) is 0 Å². The molecule has 106 valence electrons. The van der Waals surface area contributed by atoms with E-state index in [1.165, 1.54) is 5.32 Å². The van der Waals surface area contributed by atoms with E-state index >= 15 is 0 Å². The summed E-state index contributed by atoms with van der Waals surface area (Å²) in [7, 11) is 0. The van der Waals surface area contributed by atoms with E-state index < -0.39 is 42.9 Å². The smallest absolute Gasteiger partial charge is 0.459 e. The number of carbonyl (C=O) groups excluding carboxylic acids is 1. The molecule has 1 amide bonds. The first-order valence-electron chi connectivity index (χ1n) is 4.11. The molecule has 0 fully saturated rings. The average Bonchev–Trinajstić information content (AvgIpc) is 2.14. The molecule has 0 spiro atoms. The van der Waals surface area contributed by atoms with Crippen molar-refractivity contribution in [3.63, 3.8) is 0 Å². The van der Waals surface area contributed by atoms with Crippen LogP contribution in [0.1, 0.15) is 6.42 Å². The first kappa shape index (κ1) is 16.4. The van der Waals surface area contributed by atoms with Gasteiger partial charge in [0.2, 0.25) is 6.41 Å².